The van der Waals surface area contributed by atoms with E-state index in [1.807, 2.05) is 0 Å². The maximum atomic E-state index is 13.8. The quantitative estimate of drug-likeness (QED) is 0.0298. The van der Waals surface area contributed by atoms with E-state index in [0.717, 1.165) is 21.0 Å². The van der Waals surface area contributed by atoms with Gasteiger partial charge in [0.15, 0.2) is 30.8 Å². The number of carbonyl (C=O) groups is 6. The van der Waals surface area contributed by atoms with Gasteiger partial charge in [0.05, 0.1) is 51.8 Å². The highest BCUT2D eigenvalue weighted by molar-refractivity contribution is 6.67. The molecule has 0 saturated carbocycles. The second kappa shape index (κ2) is 26.1. The number of hydrogen-bond donors (Lipinski definition) is 3. The summed E-state index contributed by atoms with van der Waals surface area (Å²) in [6, 6.07) is -2.78. The molecular weight excluding hydrogens is 797 g/mol. The van der Waals surface area contributed by atoms with Crippen LogP contribution in [0.1, 0.15) is 27.7 Å². The van der Waals surface area contributed by atoms with Crippen LogP contribution in [0.4, 0.5) is 9.59 Å². The van der Waals surface area contributed by atoms with Gasteiger partial charge in [-0.25, -0.2) is 9.59 Å². The van der Waals surface area contributed by atoms with Crippen molar-refractivity contribution < 1.29 is 85.6 Å². The lowest BCUT2D eigenvalue weighted by Gasteiger charge is -2.45. The van der Waals surface area contributed by atoms with Gasteiger partial charge < -0.3 is 77.6 Å². The Morgan fingerprint density at radius 2 is 1.41 bits per heavy atom. The van der Waals surface area contributed by atoms with Gasteiger partial charge in [-0.15, -0.1) is 0 Å². The van der Waals surface area contributed by atoms with Crippen LogP contribution in [0.3, 0.4) is 0 Å². The molecule has 9 atom stereocenters. The fourth-order valence-electron chi connectivity index (χ4n) is 4.41. The van der Waals surface area contributed by atoms with Crippen LogP contribution in [0, 0.1) is 0 Å². The number of rotatable bonds is 24. The van der Waals surface area contributed by atoms with Crippen LogP contribution in [0.25, 0.3) is 0 Å². The van der Waals surface area contributed by atoms with E-state index < -0.39 is 102 Å². The molecule has 0 aromatic rings. The van der Waals surface area contributed by atoms with Gasteiger partial charge in [0, 0.05) is 28.1 Å². The zero-order valence-electron chi connectivity index (χ0n) is 30.7. The molecule has 1 aliphatic rings. The predicted molar refractivity (Wildman–Crippen MR) is 183 cm³/mol. The number of hydrogen-bond acceptors (Lipinski definition) is 18. The van der Waals surface area contributed by atoms with Gasteiger partial charge in [-0.05, 0) is 13.8 Å². The molecule has 0 bridgehead atoms. The Labute approximate surface area is 326 Å². The number of carbonyl (C=O) groups excluding carboxylic acids is 6. The minimum absolute atomic E-state index is 0.0622. The van der Waals surface area contributed by atoms with Gasteiger partial charge in [-0.1, -0.05) is 34.8 Å². The third-order valence-electron chi connectivity index (χ3n) is 6.89. The van der Waals surface area contributed by atoms with Crippen LogP contribution in [-0.2, 0) is 76.0 Å². The second-order valence-electron chi connectivity index (χ2n) is 11.1. The number of esters is 2. The standard InChI is InChI=1S/C30H48Cl3N3O18/c1-16(49-14-46-10-8-43-5)22(35-28(41)45-7)25(40)36-26(20(12-37)50-15-47-11-9-44-6)54-27-24(53-19(4)39)23(52-18(3)38)21(17(2)51-27)34-29(42)48-13-30(31,32)33/h12,16-17,20-24,26-27H,8-11,13-15H2,1-7H3,(H,34,42)(H,35,41)(H,36,40)/t16-,17+,20-,21-,22+,23-,24-,26?,27+/m1/s1. The lowest BCUT2D eigenvalue weighted by molar-refractivity contribution is -0.301. The first-order chi connectivity index (χ1) is 25.5. The van der Waals surface area contributed by atoms with Gasteiger partial charge in [-0.3, -0.25) is 14.4 Å². The Morgan fingerprint density at radius 1 is 0.833 bits per heavy atom. The zero-order valence-corrected chi connectivity index (χ0v) is 33.0. The van der Waals surface area contributed by atoms with Crippen molar-refractivity contribution in [2.24, 2.45) is 0 Å². The summed E-state index contributed by atoms with van der Waals surface area (Å²) in [5.74, 6) is -2.79. The SMILES string of the molecule is COCCOCO[C@H](C=O)C(NC(=O)[C@@H](NC(=O)OC)[C@@H](C)OCOCCOC)O[C@@H]1O[C@@H](C)[C@@H](NC(=O)OCC(Cl)(Cl)Cl)[C@@H](OC(C)=O)[C@H]1OC(C)=O. The zero-order chi connectivity index (χ0) is 40.8. The molecule has 0 aromatic carbocycles. The van der Waals surface area contributed by atoms with Crippen molar-refractivity contribution in [1.82, 2.24) is 16.0 Å². The molecular formula is C30H48Cl3N3O18. The van der Waals surface area contributed by atoms with Crippen LogP contribution in [0.5, 0.6) is 0 Å². The number of nitrogens with one attached hydrogen (secondary N) is 3. The molecule has 21 nitrogen and oxygen atoms in total. The second-order valence-corrected chi connectivity index (χ2v) is 13.6. The van der Waals surface area contributed by atoms with Crippen molar-refractivity contribution in [2.45, 2.75) is 86.6 Å². The largest absolute Gasteiger partial charge is 0.456 e. The van der Waals surface area contributed by atoms with Crippen molar-refractivity contribution >= 4 is 71.1 Å². The minimum atomic E-state index is -1.96. The maximum absolute atomic E-state index is 13.8. The smallest absolute Gasteiger partial charge is 0.407 e. The lowest BCUT2D eigenvalue weighted by Crippen LogP contribution is -2.67. The van der Waals surface area contributed by atoms with Crippen molar-refractivity contribution in [3.8, 4) is 0 Å². The summed E-state index contributed by atoms with van der Waals surface area (Å²) in [5.41, 5.74) is 0. The molecule has 3 amide bonds. The summed E-state index contributed by atoms with van der Waals surface area (Å²) >= 11 is 17.0. The van der Waals surface area contributed by atoms with Gasteiger partial charge >= 0.3 is 24.1 Å². The van der Waals surface area contributed by atoms with E-state index in [-0.39, 0.29) is 39.5 Å². The van der Waals surface area contributed by atoms with Crippen molar-refractivity contribution in [3.63, 3.8) is 0 Å². The van der Waals surface area contributed by atoms with E-state index in [0.29, 0.717) is 0 Å². The normalized spacial score (nSPS) is 22.1. The number of ether oxygens (including phenoxy) is 12. The van der Waals surface area contributed by atoms with Crippen molar-refractivity contribution in [3.05, 3.63) is 0 Å². The summed E-state index contributed by atoms with van der Waals surface area (Å²) in [6.45, 7) is 4.12. The first-order valence-corrected chi connectivity index (χ1v) is 17.2. The van der Waals surface area contributed by atoms with Gasteiger partial charge in [0.25, 0.3) is 0 Å². The van der Waals surface area contributed by atoms with E-state index in [4.69, 9.17) is 86.9 Å². The molecule has 1 fully saturated rings. The van der Waals surface area contributed by atoms with Gasteiger partial charge in [0.1, 0.15) is 26.2 Å². The molecule has 1 unspecified atom stereocenters. The van der Waals surface area contributed by atoms with E-state index in [9.17, 15) is 28.8 Å². The highest BCUT2D eigenvalue weighted by Crippen LogP contribution is 2.29. The van der Waals surface area contributed by atoms with E-state index in [1.165, 1.54) is 28.1 Å². The van der Waals surface area contributed by atoms with E-state index >= 15 is 0 Å². The van der Waals surface area contributed by atoms with E-state index in [1.54, 1.807) is 0 Å². The number of alkyl carbamates (subject to hydrolysis) is 2. The molecule has 0 aromatic heterocycles. The summed E-state index contributed by atoms with van der Waals surface area (Å²) in [5, 5.41) is 7.19. The molecule has 312 valence electrons. The molecule has 0 aliphatic carbocycles. The third-order valence-corrected chi connectivity index (χ3v) is 7.21. The average Bonchev–Trinajstić information content (AvgIpc) is 3.09. The summed E-state index contributed by atoms with van der Waals surface area (Å²) in [6.07, 6.45) is -12.5. The molecule has 3 N–H and O–H groups in total. The Balaban J connectivity index is 3.53. The topological polar surface area (TPSA) is 249 Å². The predicted octanol–water partition coefficient (Wildman–Crippen LogP) is 0.473. The minimum Gasteiger partial charge on any atom is -0.456 e. The van der Waals surface area contributed by atoms with Gasteiger partial charge in [-0.2, -0.15) is 0 Å². The first-order valence-electron chi connectivity index (χ1n) is 16.1. The maximum Gasteiger partial charge on any atom is 0.407 e. The average molecular weight is 845 g/mol. The highest BCUT2D eigenvalue weighted by Gasteiger charge is 2.51. The Morgan fingerprint density at radius 3 is 1.93 bits per heavy atom. The van der Waals surface area contributed by atoms with Crippen molar-refractivity contribution in [2.75, 3.05) is 67.9 Å². The van der Waals surface area contributed by atoms with Crippen LogP contribution in [-0.4, -0.2) is 163 Å². The lowest BCUT2D eigenvalue weighted by atomic mass is 9.96. The molecule has 1 rings (SSSR count). The number of methoxy groups -OCH3 is 3. The Kier molecular flexibility index (Phi) is 23.8. The monoisotopic (exact) mass is 843 g/mol. The summed E-state index contributed by atoms with van der Waals surface area (Å²) in [4.78, 5) is 75.7. The molecule has 0 spiro atoms. The third kappa shape index (κ3) is 19.2. The molecule has 54 heavy (non-hydrogen) atoms. The fraction of sp³-hybridized carbons (Fsp3) is 0.800. The Bertz CT molecular complexity index is 1180. The van der Waals surface area contributed by atoms with Crippen molar-refractivity contribution in [1.29, 1.82) is 0 Å². The number of alkyl halides is 3. The first kappa shape index (κ1) is 49.2. The van der Waals surface area contributed by atoms with Crippen LogP contribution in [0.15, 0.2) is 0 Å². The summed E-state index contributed by atoms with van der Waals surface area (Å²) in [7, 11) is 3.97. The number of halogens is 3. The van der Waals surface area contributed by atoms with Crippen LogP contribution < -0.4 is 16.0 Å². The van der Waals surface area contributed by atoms with Gasteiger partial charge in [0.2, 0.25) is 16.0 Å². The molecule has 1 aliphatic heterocycles. The number of aldehydes is 1. The summed E-state index contributed by atoms with van der Waals surface area (Å²) < 4.78 is 62.0. The van der Waals surface area contributed by atoms with E-state index in [2.05, 4.69) is 20.7 Å². The number of amides is 3. The molecule has 24 heteroatoms. The van der Waals surface area contributed by atoms with Crippen LogP contribution in [0.2, 0.25) is 0 Å². The fourth-order valence-corrected chi connectivity index (χ4v) is 4.57. The highest BCUT2D eigenvalue weighted by atomic mass is 35.6. The Hall–Kier alpha value is -2.83. The molecule has 1 saturated heterocycles. The van der Waals surface area contributed by atoms with Crippen LogP contribution >= 0.6 is 34.8 Å². The molecule has 0 radical (unpaired) electrons. The molecule has 1 heterocycles.